The van der Waals surface area contributed by atoms with Gasteiger partial charge in [-0.2, -0.15) is 0 Å². The number of thiocarbonyl (C=S) groups is 1. The van der Waals surface area contributed by atoms with Gasteiger partial charge in [0.15, 0.2) is 5.05 Å². The number of carbonyl (C=O) groups excluding carboxylic acids is 1. The van der Waals surface area contributed by atoms with E-state index in [1.807, 2.05) is 19.1 Å². The van der Waals surface area contributed by atoms with Gasteiger partial charge < -0.3 is 9.84 Å². The number of rotatable bonds is 4. The van der Waals surface area contributed by atoms with Gasteiger partial charge in [-0.3, -0.25) is 9.36 Å². The Morgan fingerprint density at radius 3 is 2.52 bits per heavy atom. The van der Waals surface area contributed by atoms with Crippen molar-refractivity contribution in [3.8, 4) is 5.75 Å². The van der Waals surface area contributed by atoms with Gasteiger partial charge >= 0.3 is 0 Å². The lowest BCUT2D eigenvalue weighted by Crippen LogP contribution is -2.14. The molecule has 0 aliphatic rings. The number of hydrogen-bond donors (Lipinski definition) is 1. The van der Waals surface area contributed by atoms with Gasteiger partial charge in [0, 0.05) is 28.1 Å². The molecule has 4 nitrogen and oxygen atoms in total. The Morgan fingerprint density at radius 2 is 1.92 bits per heavy atom. The molecular formula is C19H16ClNO3S. The summed E-state index contributed by atoms with van der Waals surface area (Å²) in [6, 6.07) is 12.2. The number of carbonyl (C=O) groups is 1. The lowest BCUT2D eigenvalue weighted by molar-refractivity contribution is 0.0963. The van der Waals surface area contributed by atoms with E-state index < -0.39 is 0 Å². The Labute approximate surface area is 155 Å². The van der Waals surface area contributed by atoms with Gasteiger partial charge in [-0.25, -0.2) is 0 Å². The van der Waals surface area contributed by atoms with Crippen LogP contribution in [0.2, 0.25) is 5.02 Å². The van der Waals surface area contributed by atoms with Crippen LogP contribution in [0.4, 0.5) is 0 Å². The number of halogens is 1. The maximum atomic E-state index is 13.0. The summed E-state index contributed by atoms with van der Waals surface area (Å²) in [5.41, 5.74) is 2.81. The highest BCUT2D eigenvalue weighted by Crippen LogP contribution is 2.30. The van der Waals surface area contributed by atoms with Crippen LogP contribution in [-0.2, 0) is 6.42 Å². The average Bonchev–Trinajstić information content (AvgIpc) is 2.86. The predicted octanol–water partition coefficient (Wildman–Crippen LogP) is 4.73. The Bertz CT molecular complexity index is 976. The van der Waals surface area contributed by atoms with E-state index in [0.29, 0.717) is 16.3 Å². The van der Waals surface area contributed by atoms with Crippen molar-refractivity contribution < 1.29 is 14.6 Å². The first-order chi connectivity index (χ1) is 11.9. The molecular weight excluding hydrogens is 358 g/mol. The molecule has 0 fully saturated rings. The van der Waals surface area contributed by atoms with Crippen molar-refractivity contribution in [1.82, 2.24) is 4.57 Å². The Morgan fingerprint density at radius 1 is 1.24 bits per heavy atom. The van der Waals surface area contributed by atoms with E-state index in [1.54, 1.807) is 42.0 Å². The maximum Gasteiger partial charge on any atom is 0.262 e. The molecule has 1 heterocycles. The summed E-state index contributed by atoms with van der Waals surface area (Å²) >= 11 is 10.8. The van der Waals surface area contributed by atoms with E-state index in [1.165, 1.54) is 0 Å². The van der Waals surface area contributed by atoms with Gasteiger partial charge in [0.05, 0.1) is 12.6 Å². The van der Waals surface area contributed by atoms with E-state index in [4.69, 9.17) is 28.6 Å². The molecule has 0 atom stereocenters. The van der Waals surface area contributed by atoms with Gasteiger partial charge in [-0.1, -0.05) is 11.6 Å². The van der Waals surface area contributed by atoms with Crippen LogP contribution in [0.15, 0.2) is 42.5 Å². The van der Waals surface area contributed by atoms with Gasteiger partial charge in [0.1, 0.15) is 5.75 Å². The van der Waals surface area contributed by atoms with Gasteiger partial charge in [0.25, 0.3) is 5.91 Å². The van der Waals surface area contributed by atoms with Gasteiger partial charge in [0.2, 0.25) is 0 Å². The summed E-state index contributed by atoms with van der Waals surface area (Å²) in [7, 11) is 1.58. The zero-order valence-electron chi connectivity index (χ0n) is 13.7. The first-order valence-corrected chi connectivity index (χ1v) is 8.41. The minimum atomic E-state index is -0.167. The SMILES string of the molecule is COc1ccc2c(c1)c(CC(O)=S)c(C)n2C(=O)c1ccc(Cl)cc1. The molecule has 1 aromatic heterocycles. The summed E-state index contributed by atoms with van der Waals surface area (Å²) in [6.45, 7) is 1.84. The fourth-order valence-corrected chi connectivity index (χ4v) is 3.22. The van der Waals surface area contributed by atoms with Crippen LogP contribution in [0.3, 0.4) is 0 Å². The minimum Gasteiger partial charge on any atom is -0.502 e. The van der Waals surface area contributed by atoms with Crippen molar-refractivity contribution in [2.45, 2.75) is 13.3 Å². The lowest BCUT2D eigenvalue weighted by Gasteiger charge is -2.08. The highest BCUT2D eigenvalue weighted by atomic mass is 35.5. The third kappa shape index (κ3) is 3.25. The smallest absolute Gasteiger partial charge is 0.262 e. The second kappa shape index (κ2) is 6.86. The molecule has 2 aromatic carbocycles. The average molecular weight is 374 g/mol. The summed E-state index contributed by atoms with van der Waals surface area (Å²) in [5, 5.41) is 10.9. The number of nitrogens with zero attached hydrogens (tertiary/aromatic N) is 1. The number of aliphatic hydroxyl groups is 1. The molecule has 0 aliphatic heterocycles. The maximum absolute atomic E-state index is 13.0. The molecule has 6 heteroatoms. The predicted molar refractivity (Wildman–Crippen MR) is 103 cm³/mol. The number of aliphatic hydroxyl groups excluding tert-OH is 1. The van der Waals surface area contributed by atoms with E-state index >= 15 is 0 Å². The monoisotopic (exact) mass is 373 g/mol. The van der Waals surface area contributed by atoms with Crippen molar-refractivity contribution in [2.24, 2.45) is 0 Å². The number of benzene rings is 2. The Kier molecular flexibility index (Phi) is 4.79. The first kappa shape index (κ1) is 17.5. The molecule has 0 saturated carbocycles. The zero-order chi connectivity index (χ0) is 18.1. The molecule has 0 saturated heterocycles. The van der Waals surface area contributed by atoms with Crippen LogP contribution >= 0.6 is 23.8 Å². The van der Waals surface area contributed by atoms with Crippen LogP contribution in [0.25, 0.3) is 10.9 Å². The third-order valence-electron chi connectivity index (χ3n) is 4.16. The second-order valence-corrected chi connectivity index (χ2v) is 6.57. The first-order valence-electron chi connectivity index (χ1n) is 7.62. The largest absolute Gasteiger partial charge is 0.502 e. The Balaban J connectivity index is 2.23. The topological polar surface area (TPSA) is 51.5 Å². The molecule has 25 heavy (non-hydrogen) atoms. The summed E-state index contributed by atoms with van der Waals surface area (Å²) in [4.78, 5) is 13.0. The Hall–Kier alpha value is -2.37. The number of hydrogen-bond acceptors (Lipinski definition) is 3. The number of ether oxygens (including phenoxy) is 1. The molecule has 0 aliphatic carbocycles. The summed E-state index contributed by atoms with van der Waals surface area (Å²) in [6.07, 6.45) is 0.200. The third-order valence-corrected chi connectivity index (χ3v) is 4.56. The summed E-state index contributed by atoms with van der Waals surface area (Å²) in [5.74, 6) is 0.508. The number of aromatic nitrogens is 1. The second-order valence-electron chi connectivity index (χ2n) is 5.67. The molecule has 1 N–H and O–H groups in total. The van der Waals surface area contributed by atoms with E-state index in [-0.39, 0.29) is 17.4 Å². The molecule has 0 amide bonds. The molecule has 0 unspecified atom stereocenters. The zero-order valence-corrected chi connectivity index (χ0v) is 15.3. The normalized spacial score (nSPS) is 10.8. The molecule has 0 radical (unpaired) electrons. The van der Waals surface area contributed by atoms with Crippen LogP contribution in [0.5, 0.6) is 5.75 Å². The lowest BCUT2D eigenvalue weighted by atomic mass is 10.1. The highest BCUT2D eigenvalue weighted by Gasteiger charge is 2.21. The minimum absolute atomic E-state index is 0.121. The fourth-order valence-electron chi connectivity index (χ4n) is 2.95. The van der Waals surface area contributed by atoms with Crippen LogP contribution in [0.1, 0.15) is 21.6 Å². The van der Waals surface area contributed by atoms with Crippen molar-refractivity contribution >= 4 is 45.7 Å². The molecule has 3 rings (SSSR count). The van der Waals surface area contributed by atoms with Gasteiger partial charge in [-0.15, -0.1) is 0 Å². The van der Waals surface area contributed by atoms with E-state index in [0.717, 1.165) is 22.2 Å². The van der Waals surface area contributed by atoms with Crippen LogP contribution < -0.4 is 4.74 Å². The van der Waals surface area contributed by atoms with E-state index in [9.17, 15) is 9.90 Å². The summed E-state index contributed by atoms with van der Waals surface area (Å²) < 4.78 is 6.92. The van der Waals surface area contributed by atoms with Crippen LogP contribution in [0, 0.1) is 6.92 Å². The molecule has 0 bridgehead atoms. The fraction of sp³-hybridized carbons (Fsp3) is 0.158. The van der Waals surface area contributed by atoms with Gasteiger partial charge in [-0.05, 0) is 67.2 Å². The van der Waals surface area contributed by atoms with Crippen molar-refractivity contribution in [2.75, 3.05) is 7.11 Å². The van der Waals surface area contributed by atoms with Crippen molar-refractivity contribution in [3.63, 3.8) is 0 Å². The highest BCUT2D eigenvalue weighted by molar-refractivity contribution is 7.80. The van der Waals surface area contributed by atoms with E-state index in [2.05, 4.69) is 0 Å². The number of fused-ring (bicyclic) bond motifs is 1. The van der Waals surface area contributed by atoms with Crippen molar-refractivity contribution in [1.29, 1.82) is 0 Å². The molecule has 0 spiro atoms. The molecule has 3 aromatic rings. The molecule has 128 valence electrons. The van der Waals surface area contributed by atoms with Crippen molar-refractivity contribution in [3.05, 3.63) is 64.3 Å². The number of methoxy groups -OCH3 is 1. The van der Waals surface area contributed by atoms with Crippen LogP contribution in [-0.4, -0.2) is 27.7 Å². The quantitative estimate of drug-likeness (QED) is 0.672. The standard InChI is InChI=1S/C19H16ClNO3S/c1-11-15(10-18(22)25)16-9-14(24-2)7-8-17(16)21(11)19(23)12-3-5-13(20)6-4-12/h3-9H,10H2,1-2H3,(H,22,25).